The van der Waals surface area contributed by atoms with Gasteiger partial charge < -0.3 is 10.5 Å². The van der Waals surface area contributed by atoms with Crippen molar-refractivity contribution in [2.45, 2.75) is 25.7 Å². The van der Waals surface area contributed by atoms with Crippen molar-refractivity contribution in [1.29, 1.82) is 0 Å². The summed E-state index contributed by atoms with van der Waals surface area (Å²) in [4.78, 5) is 16.0. The fraction of sp³-hybridized carbons (Fsp3) is 0.357. The van der Waals surface area contributed by atoms with Gasteiger partial charge in [-0.15, -0.1) is 0 Å². The maximum atomic E-state index is 11.8. The highest BCUT2D eigenvalue weighted by molar-refractivity contribution is 5.96. The summed E-state index contributed by atoms with van der Waals surface area (Å²) < 4.78 is 6.59. The van der Waals surface area contributed by atoms with Gasteiger partial charge >= 0.3 is 5.97 Å². The lowest BCUT2D eigenvalue weighted by atomic mass is 10.2. The molecule has 1 saturated carbocycles. The fourth-order valence-corrected chi connectivity index (χ4v) is 2.08. The molecule has 0 saturated heterocycles. The summed E-state index contributed by atoms with van der Waals surface area (Å²) in [6, 6.07) is 3.53. The lowest BCUT2D eigenvalue weighted by Crippen LogP contribution is -2.12. The Morgan fingerprint density at radius 2 is 2.30 bits per heavy atom. The Labute approximate surface area is 116 Å². The Kier molecular flexibility index (Phi) is 3.14. The number of nitrogens with zero attached hydrogens (tertiary/aromatic N) is 3. The number of nitrogen functional groups attached to an aromatic ring is 1. The molecular formula is C14H16N4O2. The van der Waals surface area contributed by atoms with Gasteiger partial charge in [0.1, 0.15) is 0 Å². The summed E-state index contributed by atoms with van der Waals surface area (Å²) in [7, 11) is 0. The molecule has 0 atom stereocenters. The average Bonchev–Trinajstić information content (AvgIpc) is 3.18. The molecule has 6 nitrogen and oxygen atoms in total. The van der Waals surface area contributed by atoms with Crippen molar-refractivity contribution in [3.05, 3.63) is 35.8 Å². The van der Waals surface area contributed by atoms with Crippen LogP contribution in [0, 0.1) is 0 Å². The largest absolute Gasteiger partial charge is 0.462 e. The van der Waals surface area contributed by atoms with Crippen LogP contribution in [0.2, 0.25) is 0 Å². The second kappa shape index (κ2) is 4.96. The minimum atomic E-state index is -0.441. The van der Waals surface area contributed by atoms with Crippen LogP contribution in [0.4, 0.5) is 5.69 Å². The number of nitrogens with two attached hydrogens (primary N) is 1. The number of hydrogen-bond acceptors (Lipinski definition) is 5. The zero-order valence-corrected chi connectivity index (χ0v) is 11.2. The molecular weight excluding hydrogens is 256 g/mol. The molecule has 0 unspecified atom stereocenters. The smallest absolute Gasteiger partial charge is 0.340 e. The Morgan fingerprint density at radius 1 is 1.50 bits per heavy atom. The van der Waals surface area contributed by atoms with E-state index < -0.39 is 5.97 Å². The van der Waals surface area contributed by atoms with Crippen LogP contribution in [-0.2, 0) is 4.74 Å². The van der Waals surface area contributed by atoms with Gasteiger partial charge in [0.15, 0.2) is 5.82 Å². The summed E-state index contributed by atoms with van der Waals surface area (Å²) in [6.07, 6.45) is 5.73. The predicted octanol–water partition coefficient (Wildman–Crippen LogP) is 1.90. The molecule has 6 heteroatoms. The van der Waals surface area contributed by atoms with Crippen LogP contribution < -0.4 is 5.73 Å². The number of ether oxygens (including phenoxy) is 1. The Bertz CT molecular complexity index is 646. The summed E-state index contributed by atoms with van der Waals surface area (Å²) >= 11 is 0. The minimum Gasteiger partial charge on any atom is -0.462 e. The molecule has 0 aliphatic heterocycles. The lowest BCUT2D eigenvalue weighted by Gasteiger charge is -2.09. The van der Waals surface area contributed by atoms with E-state index in [-0.39, 0.29) is 5.69 Å². The molecule has 0 amide bonds. The summed E-state index contributed by atoms with van der Waals surface area (Å²) in [5, 5.41) is 4.47. The van der Waals surface area contributed by atoms with Crippen molar-refractivity contribution in [3.8, 4) is 5.82 Å². The number of carbonyl (C=O) groups is 1. The van der Waals surface area contributed by atoms with Crippen molar-refractivity contribution >= 4 is 11.7 Å². The van der Waals surface area contributed by atoms with Gasteiger partial charge in [-0.3, -0.25) is 0 Å². The van der Waals surface area contributed by atoms with Crippen molar-refractivity contribution in [3.63, 3.8) is 0 Å². The molecule has 2 aromatic heterocycles. The average molecular weight is 272 g/mol. The predicted molar refractivity (Wildman–Crippen MR) is 73.7 cm³/mol. The van der Waals surface area contributed by atoms with Crippen molar-refractivity contribution < 1.29 is 9.53 Å². The van der Waals surface area contributed by atoms with Gasteiger partial charge in [0, 0.05) is 18.3 Å². The molecule has 1 fully saturated rings. The third-order valence-corrected chi connectivity index (χ3v) is 3.29. The summed E-state index contributed by atoms with van der Waals surface area (Å²) in [6.45, 7) is 2.06. The highest BCUT2D eigenvalue weighted by atomic mass is 16.5. The second-order valence-electron chi connectivity index (χ2n) is 4.78. The van der Waals surface area contributed by atoms with Crippen LogP contribution >= 0.6 is 0 Å². The Morgan fingerprint density at radius 3 is 3.00 bits per heavy atom. The number of anilines is 1. The van der Waals surface area contributed by atoms with E-state index in [0.717, 1.165) is 5.69 Å². The monoisotopic (exact) mass is 272 g/mol. The van der Waals surface area contributed by atoms with Crippen LogP contribution in [-0.4, -0.2) is 27.3 Å². The van der Waals surface area contributed by atoms with E-state index in [4.69, 9.17) is 10.5 Å². The Hall–Kier alpha value is -2.37. The van der Waals surface area contributed by atoms with Gasteiger partial charge in [-0.1, -0.05) is 0 Å². The Balaban J connectivity index is 1.96. The molecule has 1 aliphatic carbocycles. The van der Waals surface area contributed by atoms with Crippen molar-refractivity contribution in [2.24, 2.45) is 0 Å². The van der Waals surface area contributed by atoms with Crippen LogP contribution in [0.25, 0.3) is 5.82 Å². The molecule has 0 aromatic carbocycles. The summed E-state index contributed by atoms with van der Waals surface area (Å²) in [5.41, 5.74) is 7.68. The van der Waals surface area contributed by atoms with E-state index in [9.17, 15) is 4.79 Å². The van der Waals surface area contributed by atoms with E-state index in [2.05, 4.69) is 10.1 Å². The molecule has 2 aromatic rings. The molecule has 0 bridgehead atoms. The number of rotatable bonds is 4. The highest BCUT2D eigenvalue weighted by Crippen LogP contribution is 2.39. The van der Waals surface area contributed by atoms with Gasteiger partial charge in [0.05, 0.1) is 23.6 Å². The maximum Gasteiger partial charge on any atom is 0.340 e. The van der Waals surface area contributed by atoms with E-state index in [1.54, 1.807) is 17.7 Å². The number of hydrogen-bond donors (Lipinski definition) is 1. The molecule has 1 aliphatic rings. The minimum absolute atomic E-state index is 0.288. The molecule has 0 radical (unpaired) electrons. The number of carbonyl (C=O) groups excluding carboxylic acids is 1. The first kappa shape index (κ1) is 12.7. The van der Waals surface area contributed by atoms with Crippen molar-refractivity contribution in [2.75, 3.05) is 12.3 Å². The first-order valence-corrected chi connectivity index (χ1v) is 6.68. The van der Waals surface area contributed by atoms with E-state index in [1.165, 1.54) is 19.0 Å². The topological polar surface area (TPSA) is 83.0 Å². The standard InChI is InChI=1S/C14H16N4O2/c1-2-20-14(19)10-5-7-16-13(12(10)15)18-8-6-11(17-18)9-3-4-9/h5-9H,2-4,15H2,1H3. The van der Waals surface area contributed by atoms with Crippen LogP contribution in [0.3, 0.4) is 0 Å². The zero-order chi connectivity index (χ0) is 14.1. The number of aromatic nitrogens is 3. The lowest BCUT2D eigenvalue weighted by molar-refractivity contribution is 0.0527. The van der Waals surface area contributed by atoms with Crippen LogP contribution in [0.1, 0.15) is 41.7 Å². The third kappa shape index (κ3) is 2.24. The van der Waals surface area contributed by atoms with Gasteiger partial charge in [0.2, 0.25) is 0 Å². The second-order valence-corrected chi connectivity index (χ2v) is 4.78. The van der Waals surface area contributed by atoms with Gasteiger partial charge in [-0.05, 0) is 31.9 Å². The number of pyridine rings is 1. The first-order valence-electron chi connectivity index (χ1n) is 6.68. The first-order chi connectivity index (χ1) is 9.70. The van der Waals surface area contributed by atoms with Gasteiger partial charge in [-0.25, -0.2) is 14.5 Å². The molecule has 0 spiro atoms. The molecule has 20 heavy (non-hydrogen) atoms. The van der Waals surface area contributed by atoms with Crippen LogP contribution in [0.5, 0.6) is 0 Å². The molecule has 3 rings (SSSR count). The highest BCUT2D eigenvalue weighted by Gasteiger charge is 2.26. The maximum absolute atomic E-state index is 11.8. The fourth-order valence-electron chi connectivity index (χ4n) is 2.08. The molecule has 2 heterocycles. The number of esters is 1. The van der Waals surface area contributed by atoms with Crippen molar-refractivity contribution in [1.82, 2.24) is 14.8 Å². The van der Waals surface area contributed by atoms with Gasteiger partial charge in [-0.2, -0.15) is 5.10 Å². The van der Waals surface area contributed by atoms with E-state index >= 15 is 0 Å². The third-order valence-electron chi connectivity index (χ3n) is 3.29. The quantitative estimate of drug-likeness (QED) is 0.859. The zero-order valence-electron chi connectivity index (χ0n) is 11.2. The summed E-state index contributed by atoms with van der Waals surface area (Å²) in [5.74, 6) is 0.580. The van der Waals surface area contributed by atoms with E-state index in [1.807, 2.05) is 12.3 Å². The normalized spacial score (nSPS) is 14.2. The molecule has 104 valence electrons. The van der Waals surface area contributed by atoms with E-state index in [0.29, 0.717) is 23.9 Å². The molecule has 2 N–H and O–H groups in total. The van der Waals surface area contributed by atoms with Gasteiger partial charge in [0.25, 0.3) is 0 Å². The van der Waals surface area contributed by atoms with Crippen LogP contribution in [0.15, 0.2) is 24.5 Å². The SMILES string of the molecule is CCOC(=O)c1ccnc(-n2ccc(C3CC3)n2)c1N.